The smallest absolute Gasteiger partial charge is 0.308 e. The SMILES string of the molecule is CC1CC(=O)N(Cc2ccnn2C)C(C)C1C(=O)O. The van der Waals surface area contributed by atoms with Crippen molar-refractivity contribution in [3.05, 3.63) is 18.0 Å². The summed E-state index contributed by atoms with van der Waals surface area (Å²) in [5, 5.41) is 13.4. The topological polar surface area (TPSA) is 75.4 Å². The monoisotopic (exact) mass is 265 g/mol. The summed E-state index contributed by atoms with van der Waals surface area (Å²) in [6, 6.07) is 1.54. The molecular weight excluding hydrogens is 246 g/mol. The van der Waals surface area contributed by atoms with Gasteiger partial charge in [0, 0.05) is 25.7 Å². The summed E-state index contributed by atoms with van der Waals surface area (Å²) >= 11 is 0. The summed E-state index contributed by atoms with van der Waals surface area (Å²) in [6.45, 7) is 4.05. The van der Waals surface area contributed by atoms with Crippen LogP contribution in [-0.4, -0.2) is 37.7 Å². The van der Waals surface area contributed by atoms with Crippen molar-refractivity contribution in [3.63, 3.8) is 0 Å². The number of likely N-dealkylation sites (tertiary alicyclic amines) is 1. The molecule has 2 heterocycles. The molecule has 6 nitrogen and oxygen atoms in total. The van der Waals surface area contributed by atoms with Gasteiger partial charge >= 0.3 is 5.97 Å². The highest BCUT2D eigenvalue weighted by molar-refractivity contribution is 5.81. The van der Waals surface area contributed by atoms with Crippen molar-refractivity contribution < 1.29 is 14.7 Å². The average Bonchev–Trinajstić information content (AvgIpc) is 2.69. The predicted molar refractivity (Wildman–Crippen MR) is 68.1 cm³/mol. The summed E-state index contributed by atoms with van der Waals surface area (Å²) in [7, 11) is 1.81. The number of amides is 1. The van der Waals surface area contributed by atoms with E-state index >= 15 is 0 Å². The maximum absolute atomic E-state index is 12.1. The lowest BCUT2D eigenvalue weighted by Crippen LogP contribution is -2.52. The van der Waals surface area contributed by atoms with E-state index in [4.69, 9.17) is 0 Å². The zero-order valence-corrected chi connectivity index (χ0v) is 11.4. The Hall–Kier alpha value is -1.85. The average molecular weight is 265 g/mol. The molecular formula is C13H19N3O3. The zero-order chi connectivity index (χ0) is 14.2. The number of rotatable bonds is 3. The molecule has 1 fully saturated rings. The van der Waals surface area contributed by atoms with Crippen LogP contribution in [0.1, 0.15) is 26.0 Å². The molecule has 1 aliphatic rings. The van der Waals surface area contributed by atoms with Gasteiger partial charge in [0.15, 0.2) is 0 Å². The third-order valence-corrected chi connectivity index (χ3v) is 3.98. The van der Waals surface area contributed by atoms with E-state index in [0.29, 0.717) is 13.0 Å². The van der Waals surface area contributed by atoms with Crippen molar-refractivity contribution in [2.24, 2.45) is 18.9 Å². The summed E-state index contributed by atoms with van der Waals surface area (Å²) in [5.74, 6) is -1.45. The molecule has 0 spiro atoms. The summed E-state index contributed by atoms with van der Waals surface area (Å²) < 4.78 is 1.70. The number of aliphatic carboxylic acids is 1. The van der Waals surface area contributed by atoms with Crippen LogP contribution in [-0.2, 0) is 23.2 Å². The van der Waals surface area contributed by atoms with Crippen LogP contribution in [0.5, 0.6) is 0 Å². The first-order chi connectivity index (χ1) is 8.91. The van der Waals surface area contributed by atoms with E-state index in [1.165, 1.54) is 0 Å². The van der Waals surface area contributed by atoms with Gasteiger partial charge in [-0.15, -0.1) is 0 Å². The van der Waals surface area contributed by atoms with Crippen LogP contribution in [0, 0.1) is 11.8 Å². The van der Waals surface area contributed by atoms with Crippen LogP contribution < -0.4 is 0 Å². The number of aromatic nitrogens is 2. The Bertz CT molecular complexity index is 497. The number of nitrogens with zero attached hydrogens (tertiary/aromatic N) is 3. The van der Waals surface area contributed by atoms with Gasteiger partial charge in [-0.3, -0.25) is 14.3 Å². The minimum atomic E-state index is -0.831. The fraction of sp³-hybridized carbons (Fsp3) is 0.615. The maximum Gasteiger partial charge on any atom is 0.308 e. The molecule has 1 aromatic rings. The van der Waals surface area contributed by atoms with Crippen molar-refractivity contribution in [1.82, 2.24) is 14.7 Å². The zero-order valence-electron chi connectivity index (χ0n) is 11.4. The van der Waals surface area contributed by atoms with Crippen LogP contribution in [0.4, 0.5) is 0 Å². The minimum Gasteiger partial charge on any atom is -0.481 e. The highest BCUT2D eigenvalue weighted by Gasteiger charge is 2.41. The summed E-state index contributed by atoms with van der Waals surface area (Å²) in [6.07, 6.45) is 1.96. The Morgan fingerprint density at radius 2 is 2.21 bits per heavy atom. The van der Waals surface area contributed by atoms with Crippen molar-refractivity contribution >= 4 is 11.9 Å². The fourth-order valence-electron chi connectivity index (χ4n) is 2.83. The molecule has 104 valence electrons. The first-order valence-electron chi connectivity index (χ1n) is 6.41. The number of carboxylic acid groups (broad SMARTS) is 1. The molecule has 2 rings (SSSR count). The van der Waals surface area contributed by atoms with Gasteiger partial charge < -0.3 is 10.0 Å². The van der Waals surface area contributed by atoms with E-state index < -0.39 is 11.9 Å². The number of hydrogen-bond donors (Lipinski definition) is 1. The van der Waals surface area contributed by atoms with Gasteiger partial charge in [-0.05, 0) is 18.9 Å². The van der Waals surface area contributed by atoms with Crippen molar-refractivity contribution in [2.45, 2.75) is 32.9 Å². The van der Waals surface area contributed by atoms with Gasteiger partial charge in [0.05, 0.1) is 18.2 Å². The van der Waals surface area contributed by atoms with Crippen molar-refractivity contribution in [1.29, 1.82) is 0 Å². The number of piperidine rings is 1. The fourth-order valence-corrected chi connectivity index (χ4v) is 2.83. The third-order valence-electron chi connectivity index (χ3n) is 3.98. The van der Waals surface area contributed by atoms with Gasteiger partial charge in [-0.25, -0.2) is 0 Å². The molecule has 0 saturated carbocycles. The lowest BCUT2D eigenvalue weighted by atomic mass is 9.81. The molecule has 0 aromatic carbocycles. The predicted octanol–water partition coefficient (Wildman–Crippen LogP) is 0.878. The molecule has 1 saturated heterocycles. The van der Waals surface area contributed by atoms with Crippen LogP contribution in [0.15, 0.2) is 12.3 Å². The second kappa shape index (κ2) is 5.03. The van der Waals surface area contributed by atoms with Gasteiger partial charge in [0.2, 0.25) is 5.91 Å². The number of hydrogen-bond acceptors (Lipinski definition) is 3. The van der Waals surface area contributed by atoms with Gasteiger partial charge in [0.1, 0.15) is 0 Å². The maximum atomic E-state index is 12.1. The highest BCUT2D eigenvalue weighted by Crippen LogP contribution is 2.30. The second-order valence-corrected chi connectivity index (χ2v) is 5.25. The Morgan fingerprint density at radius 3 is 2.74 bits per heavy atom. The number of aryl methyl sites for hydroxylation is 1. The van der Waals surface area contributed by atoms with E-state index in [0.717, 1.165) is 5.69 Å². The van der Waals surface area contributed by atoms with E-state index in [1.54, 1.807) is 15.8 Å². The molecule has 0 aliphatic carbocycles. The van der Waals surface area contributed by atoms with Crippen LogP contribution in [0.2, 0.25) is 0 Å². The van der Waals surface area contributed by atoms with E-state index in [-0.39, 0.29) is 17.9 Å². The van der Waals surface area contributed by atoms with Crippen molar-refractivity contribution in [3.8, 4) is 0 Å². The van der Waals surface area contributed by atoms with E-state index in [1.807, 2.05) is 27.0 Å². The summed E-state index contributed by atoms with van der Waals surface area (Å²) in [4.78, 5) is 25.1. The number of carboxylic acids is 1. The molecule has 3 atom stereocenters. The molecule has 1 aliphatic heterocycles. The molecule has 1 amide bonds. The summed E-state index contributed by atoms with van der Waals surface area (Å²) in [5.41, 5.74) is 0.902. The minimum absolute atomic E-state index is 0.0127. The Morgan fingerprint density at radius 1 is 1.53 bits per heavy atom. The van der Waals surface area contributed by atoms with Gasteiger partial charge in [-0.2, -0.15) is 5.10 Å². The van der Waals surface area contributed by atoms with E-state index in [2.05, 4.69) is 5.10 Å². The Balaban J connectivity index is 2.21. The van der Waals surface area contributed by atoms with Gasteiger partial charge in [0.25, 0.3) is 0 Å². The lowest BCUT2D eigenvalue weighted by Gasteiger charge is -2.40. The molecule has 0 radical (unpaired) electrons. The second-order valence-electron chi connectivity index (χ2n) is 5.25. The molecule has 19 heavy (non-hydrogen) atoms. The molecule has 1 aromatic heterocycles. The third kappa shape index (κ3) is 2.47. The largest absolute Gasteiger partial charge is 0.481 e. The number of carbonyl (C=O) groups is 2. The molecule has 1 N–H and O–H groups in total. The standard InChI is InChI=1S/C13H19N3O3/c1-8-6-11(17)16(9(2)12(8)13(18)19)7-10-4-5-14-15(10)3/h4-5,8-9,12H,6-7H2,1-3H3,(H,18,19). The molecule has 3 unspecified atom stereocenters. The quantitative estimate of drug-likeness (QED) is 0.880. The van der Waals surface area contributed by atoms with E-state index in [9.17, 15) is 14.7 Å². The van der Waals surface area contributed by atoms with Crippen LogP contribution >= 0.6 is 0 Å². The highest BCUT2D eigenvalue weighted by atomic mass is 16.4. The van der Waals surface area contributed by atoms with Gasteiger partial charge in [-0.1, -0.05) is 6.92 Å². The lowest BCUT2D eigenvalue weighted by molar-refractivity contribution is -0.155. The first kappa shape index (κ1) is 13.6. The number of carbonyl (C=O) groups excluding carboxylic acids is 1. The van der Waals surface area contributed by atoms with Crippen LogP contribution in [0.25, 0.3) is 0 Å². The van der Waals surface area contributed by atoms with Crippen molar-refractivity contribution in [2.75, 3.05) is 0 Å². The Kier molecular flexibility index (Phi) is 3.59. The first-order valence-corrected chi connectivity index (χ1v) is 6.41. The Labute approximate surface area is 112 Å². The molecule has 0 bridgehead atoms. The normalized spacial score (nSPS) is 27.6. The van der Waals surface area contributed by atoms with Crippen LogP contribution in [0.3, 0.4) is 0 Å². The molecule has 6 heteroatoms.